The Morgan fingerprint density at radius 2 is 2.00 bits per heavy atom. The van der Waals surface area contributed by atoms with Crippen LogP contribution in [0.5, 0.6) is 0 Å². The fourth-order valence-corrected chi connectivity index (χ4v) is 3.25. The summed E-state index contributed by atoms with van der Waals surface area (Å²) in [5, 5.41) is 9.39. The van der Waals surface area contributed by atoms with Crippen LogP contribution in [0.15, 0.2) is 48.7 Å². The van der Waals surface area contributed by atoms with E-state index in [0.29, 0.717) is 17.8 Å². The number of nitriles is 1. The standard InChI is InChI=1S/C20H20N4O2/c21-12-17(18-5-1-2-10-23-18)19(25)14-6-8-16(9-7-14)24-11-3-4-15(13-24)20(22)26/h1-2,5-10,15,17H,3-4,11,13H2,(H2,22,26). The van der Waals surface area contributed by atoms with Crippen LogP contribution in [-0.2, 0) is 4.79 Å². The van der Waals surface area contributed by atoms with E-state index in [1.807, 2.05) is 18.2 Å². The molecule has 1 aliphatic rings. The van der Waals surface area contributed by atoms with Gasteiger partial charge in [-0.05, 0) is 49.2 Å². The summed E-state index contributed by atoms with van der Waals surface area (Å²) in [4.78, 5) is 30.3. The molecule has 1 fully saturated rings. The molecule has 1 aliphatic heterocycles. The summed E-state index contributed by atoms with van der Waals surface area (Å²) < 4.78 is 0. The van der Waals surface area contributed by atoms with Crippen molar-refractivity contribution in [3.05, 3.63) is 59.9 Å². The van der Waals surface area contributed by atoms with Crippen molar-refractivity contribution in [2.45, 2.75) is 18.8 Å². The molecule has 26 heavy (non-hydrogen) atoms. The van der Waals surface area contributed by atoms with Crippen molar-refractivity contribution in [1.82, 2.24) is 4.98 Å². The SMILES string of the molecule is N#CC(C(=O)c1ccc(N2CCCC(C(N)=O)C2)cc1)c1ccccn1. The van der Waals surface area contributed by atoms with E-state index in [1.165, 1.54) is 0 Å². The minimum atomic E-state index is -0.920. The molecule has 1 saturated heterocycles. The molecule has 3 rings (SSSR count). The maximum absolute atomic E-state index is 12.7. The Morgan fingerprint density at radius 3 is 2.62 bits per heavy atom. The monoisotopic (exact) mass is 348 g/mol. The molecular formula is C20H20N4O2. The van der Waals surface area contributed by atoms with E-state index in [2.05, 4.69) is 9.88 Å². The maximum atomic E-state index is 12.7. The lowest BCUT2D eigenvalue weighted by Crippen LogP contribution is -2.41. The highest BCUT2D eigenvalue weighted by Crippen LogP contribution is 2.25. The average Bonchev–Trinajstić information content (AvgIpc) is 2.69. The number of amides is 1. The van der Waals surface area contributed by atoms with Crippen molar-refractivity contribution in [3.63, 3.8) is 0 Å². The van der Waals surface area contributed by atoms with Gasteiger partial charge in [-0.1, -0.05) is 6.07 Å². The van der Waals surface area contributed by atoms with Gasteiger partial charge in [0.25, 0.3) is 0 Å². The number of nitrogens with zero attached hydrogens (tertiary/aromatic N) is 3. The lowest BCUT2D eigenvalue weighted by Gasteiger charge is -2.33. The van der Waals surface area contributed by atoms with Crippen molar-refractivity contribution in [3.8, 4) is 6.07 Å². The van der Waals surface area contributed by atoms with E-state index in [-0.39, 0.29) is 17.6 Å². The molecule has 1 aromatic heterocycles. The van der Waals surface area contributed by atoms with Gasteiger partial charge in [0.2, 0.25) is 5.91 Å². The molecule has 2 heterocycles. The van der Waals surface area contributed by atoms with E-state index in [9.17, 15) is 14.9 Å². The number of aromatic nitrogens is 1. The number of pyridine rings is 1. The van der Waals surface area contributed by atoms with Crippen molar-refractivity contribution < 1.29 is 9.59 Å². The van der Waals surface area contributed by atoms with Gasteiger partial charge in [-0.25, -0.2) is 0 Å². The van der Waals surface area contributed by atoms with Crippen LogP contribution in [0.25, 0.3) is 0 Å². The van der Waals surface area contributed by atoms with Crippen molar-refractivity contribution >= 4 is 17.4 Å². The number of anilines is 1. The molecule has 132 valence electrons. The van der Waals surface area contributed by atoms with Crippen molar-refractivity contribution in [1.29, 1.82) is 5.26 Å². The zero-order valence-corrected chi connectivity index (χ0v) is 14.3. The van der Waals surface area contributed by atoms with Gasteiger partial charge >= 0.3 is 0 Å². The molecule has 6 nitrogen and oxygen atoms in total. The third-order valence-electron chi connectivity index (χ3n) is 4.72. The lowest BCUT2D eigenvalue weighted by molar-refractivity contribution is -0.122. The number of rotatable bonds is 5. The molecule has 1 aromatic carbocycles. The van der Waals surface area contributed by atoms with E-state index >= 15 is 0 Å². The van der Waals surface area contributed by atoms with Crippen LogP contribution in [0.1, 0.15) is 34.8 Å². The first-order valence-electron chi connectivity index (χ1n) is 8.59. The number of piperidine rings is 1. The van der Waals surface area contributed by atoms with Crippen LogP contribution in [0.2, 0.25) is 0 Å². The summed E-state index contributed by atoms with van der Waals surface area (Å²) >= 11 is 0. The lowest BCUT2D eigenvalue weighted by atomic mass is 9.94. The van der Waals surface area contributed by atoms with E-state index in [4.69, 9.17) is 5.73 Å². The first kappa shape index (κ1) is 17.6. The number of carbonyl (C=O) groups is 2. The number of primary amides is 1. The van der Waals surface area contributed by atoms with Crippen LogP contribution in [0, 0.1) is 17.2 Å². The Kier molecular flexibility index (Phi) is 5.28. The van der Waals surface area contributed by atoms with Gasteiger partial charge in [0, 0.05) is 30.5 Å². The number of hydrogen-bond donors (Lipinski definition) is 1. The molecule has 0 aliphatic carbocycles. The van der Waals surface area contributed by atoms with E-state index < -0.39 is 5.92 Å². The predicted molar refractivity (Wildman–Crippen MR) is 97.5 cm³/mol. The zero-order chi connectivity index (χ0) is 18.5. The second-order valence-electron chi connectivity index (χ2n) is 6.42. The van der Waals surface area contributed by atoms with E-state index in [1.54, 1.807) is 36.5 Å². The largest absolute Gasteiger partial charge is 0.371 e. The highest BCUT2D eigenvalue weighted by atomic mass is 16.1. The molecule has 6 heteroatoms. The highest BCUT2D eigenvalue weighted by Gasteiger charge is 2.25. The first-order valence-corrected chi connectivity index (χ1v) is 8.59. The fourth-order valence-electron chi connectivity index (χ4n) is 3.25. The van der Waals surface area contributed by atoms with Crippen LogP contribution in [0.4, 0.5) is 5.69 Å². The molecule has 0 saturated carbocycles. The van der Waals surface area contributed by atoms with E-state index in [0.717, 1.165) is 25.1 Å². The molecule has 2 unspecified atom stereocenters. The van der Waals surface area contributed by atoms with Gasteiger partial charge in [0.1, 0.15) is 0 Å². The van der Waals surface area contributed by atoms with Gasteiger partial charge < -0.3 is 10.6 Å². The number of benzene rings is 1. The summed E-state index contributed by atoms with van der Waals surface area (Å²) in [6, 6.07) is 14.4. The Morgan fingerprint density at radius 1 is 1.23 bits per heavy atom. The average molecular weight is 348 g/mol. The molecule has 2 N–H and O–H groups in total. The Hall–Kier alpha value is -3.20. The minimum absolute atomic E-state index is 0.141. The first-order chi connectivity index (χ1) is 12.6. The molecule has 1 amide bonds. The summed E-state index contributed by atoms with van der Waals surface area (Å²) in [7, 11) is 0. The minimum Gasteiger partial charge on any atom is -0.371 e. The Bertz CT molecular complexity index is 827. The summed E-state index contributed by atoms with van der Waals surface area (Å²) in [6.45, 7) is 1.45. The maximum Gasteiger partial charge on any atom is 0.222 e. The van der Waals surface area contributed by atoms with Gasteiger partial charge in [-0.2, -0.15) is 5.26 Å². The van der Waals surface area contributed by atoms with Crippen LogP contribution in [-0.4, -0.2) is 29.8 Å². The predicted octanol–water partition coefficient (Wildman–Crippen LogP) is 2.27. The van der Waals surface area contributed by atoms with Crippen LogP contribution in [0.3, 0.4) is 0 Å². The number of carbonyl (C=O) groups excluding carboxylic acids is 2. The second kappa shape index (κ2) is 7.79. The highest BCUT2D eigenvalue weighted by molar-refractivity contribution is 6.02. The Labute approximate surface area is 152 Å². The summed E-state index contributed by atoms with van der Waals surface area (Å²) in [5.41, 5.74) is 7.29. The number of hydrogen-bond acceptors (Lipinski definition) is 5. The fraction of sp³-hybridized carbons (Fsp3) is 0.300. The zero-order valence-electron chi connectivity index (χ0n) is 14.3. The number of ketones is 1. The number of Topliss-reactive ketones (excluding diaryl/α,β-unsaturated/α-hetero) is 1. The van der Waals surface area contributed by atoms with Crippen molar-refractivity contribution in [2.75, 3.05) is 18.0 Å². The summed E-state index contributed by atoms with van der Waals surface area (Å²) in [5.74, 6) is -1.60. The molecule has 2 aromatic rings. The van der Waals surface area contributed by atoms with Gasteiger partial charge in [0.05, 0.1) is 17.7 Å². The third-order valence-corrected chi connectivity index (χ3v) is 4.72. The molecule has 0 bridgehead atoms. The van der Waals surface area contributed by atoms with Crippen LogP contribution >= 0.6 is 0 Å². The topological polar surface area (TPSA) is 100 Å². The molecule has 2 atom stereocenters. The van der Waals surface area contributed by atoms with Gasteiger partial charge in [-0.15, -0.1) is 0 Å². The van der Waals surface area contributed by atoms with Crippen LogP contribution < -0.4 is 10.6 Å². The van der Waals surface area contributed by atoms with Gasteiger partial charge in [0.15, 0.2) is 11.7 Å². The quantitative estimate of drug-likeness (QED) is 0.836. The second-order valence-corrected chi connectivity index (χ2v) is 6.42. The summed E-state index contributed by atoms with van der Waals surface area (Å²) in [6.07, 6.45) is 3.29. The normalized spacial score (nSPS) is 18.0. The van der Waals surface area contributed by atoms with Gasteiger partial charge in [-0.3, -0.25) is 14.6 Å². The molecule has 0 radical (unpaired) electrons. The smallest absolute Gasteiger partial charge is 0.222 e. The third kappa shape index (κ3) is 3.72. The Balaban J connectivity index is 1.76. The molecular weight excluding hydrogens is 328 g/mol. The van der Waals surface area contributed by atoms with Crippen molar-refractivity contribution in [2.24, 2.45) is 11.7 Å². The molecule has 0 spiro atoms. The number of nitrogens with two attached hydrogens (primary N) is 1.